The average Bonchev–Trinajstić information content (AvgIpc) is 2.79. The van der Waals surface area contributed by atoms with Gasteiger partial charge in [-0.25, -0.2) is 0 Å². The van der Waals surface area contributed by atoms with E-state index in [2.05, 4.69) is 0 Å². The fourth-order valence-electron chi connectivity index (χ4n) is 3.61. The molecule has 2 aromatic rings. The molecule has 2 aliphatic rings. The number of aliphatic hydroxyl groups is 4. The van der Waals surface area contributed by atoms with Gasteiger partial charge in [-0.2, -0.15) is 0 Å². The van der Waals surface area contributed by atoms with Crippen LogP contribution in [-0.2, 0) is 9.47 Å². The lowest BCUT2D eigenvalue weighted by atomic mass is 9.98. The monoisotopic (exact) mass is 466 g/mol. The lowest BCUT2D eigenvalue weighted by molar-refractivity contribution is -0.293. The van der Waals surface area contributed by atoms with Crippen molar-refractivity contribution in [1.29, 1.82) is 0 Å². The Labute approximate surface area is 186 Å². The van der Waals surface area contributed by atoms with Crippen LogP contribution in [0.2, 0.25) is 0 Å². The third-order valence-electron chi connectivity index (χ3n) is 5.45. The molecule has 0 spiro atoms. The number of rotatable bonds is 4. The first kappa shape index (κ1) is 22.8. The van der Waals surface area contributed by atoms with Crippen LogP contribution in [0.3, 0.4) is 0 Å². The van der Waals surface area contributed by atoms with E-state index >= 15 is 0 Å². The highest BCUT2D eigenvalue weighted by molar-refractivity contribution is 5.74. The van der Waals surface area contributed by atoms with Gasteiger partial charge < -0.3 is 60.2 Å². The Hall–Kier alpha value is -3.42. The fraction of sp³-hybridized carbons (Fsp3) is 0.333. The van der Waals surface area contributed by atoms with Crippen LogP contribution in [-0.4, -0.2) is 83.3 Å². The average molecular weight is 466 g/mol. The van der Waals surface area contributed by atoms with Crippen molar-refractivity contribution in [2.75, 3.05) is 6.61 Å². The molecule has 4 rings (SSSR count). The van der Waals surface area contributed by atoms with Gasteiger partial charge in [0.15, 0.2) is 29.1 Å². The first-order chi connectivity index (χ1) is 15.6. The van der Waals surface area contributed by atoms with E-state index in [1.165, 1.54) is 18.2 Å². The molecular formula is C21H22O12. The summed E-state index contributed by atoms with van der Waals surface area (Å²) in [5.74, 6) is -3.31. The molecular weight excluding hydrogens is 444 g/mol. The van der Waals surface area contributed by atoms with E-state index in [0.29, 0.717) is 0 Å². The van der Waals surface area contributed by atoms with Crippen molar-refractivity contribution >= 4 is 6.08 Å². The Bertz CT molecular complexity index is 1080. The predicted octanol–water partition coefficient (Wildman–Crippen LogP) is -0.494. The van der Waals surface area contributed by atoms with Gasteiger partial charge in [-0.15, -0.1) is 0 Å². The third kappa shape index (κ3) is 3.94. The van der Waals surface area contributed by atoms with Crippen molar-refractivity contribution in [2.45, 2.75) is 36.8 Å². The van der Waals surface area contributed by atoms with E-state index in [4.69, 9.17) is 14.2 Å². The van der Waals surface area contributed by atoms with E-state index in [1.807, 2.05) is 0 Å². The third-order valence-corrected chi connectivity index (χ3v) is 5.45. The minimum Gasteiger partial charge on any atom is -0.504 e. The van der Waals surface area contributed by atoms with Gasteiger partial charge in [0.05, 0.1) is 12.2 Å². The summed E-state index contributed by atoms with van der Waals surface area (Å²) in [4.78, 5) is 0. The molecule has 2 aliphatic heterocycles. The van der Waals surface area contributed by atoms with E-state index in [-0.39, 0.29) is 22.6 Å². The summed E-state index contributed by atoms with van der Waals surface area (Å²) in [6.45, 7) is -0.688. The molecule has 1 unspecified atom stereocenters. The van der Waals surface area contributed by atoms with Gasteiger partial charge in [-0.05, 0) is 18.2 Å². The number of benzene rings is 2. The zero-order valence-electron chi connectivity index (χ0n) is 16.8. The summed E-state index contributed by atoms with van der Waals surface area (Å²) < 4.78 is 16.9. The predicted molar refractivity (Wildman–Crippen MR) is 107 cm³/mol. The van der Waals surface area contributed by atoms with Crippen LogP contribution in [0.15, 0.2) is 30.0 Å². The highest BCUT2D eigenvalue weighted by Gasteiger charge is 2.46. The normalized spacial score (nSPS) is 29.0. The Morgan fingerprint density at radius 3 is 2.21 bits per heavy atom. The Kier molecular flexibility index (Phi) is 5.86. The van der Waals surface area contributed by atoms with Crippen molar-refractivity contribution in [3.05, 3.63) is 41.2 Å². The van der Waals surface area contributed by atoms with Gasteiger partial charge in [0, 0.05) is 11.6 Å². The summed E-state index contributed by atoms with van der Waals surface area (Å²) in [6.07, 6.45) is -7.90. The Morgan fingerprint density at radius 2 is 1.55 bits per heavy atom. The molecule has 0 radical (unpaired) electrons. The van der Waals surface area contributed by atoms with Gasteiger partial charge in [0.2, 0.25) is 12.0 Å². The van der Waals surface area contributed by atoms with Gasteiger partial charge in [-0.1, -0.05) is 6.07 Å². The largest absolute Gasteiger partial charge is 0.504 e. The number of ether oxygens (including phenoxy) is 3. The summed E-state index contributed by atoms with van der Waals surface area (Å²) >= 11 is 0. The first-order valence-electron chi connectivity index (χ1n) is 9.77. The van der Waals surface area contributed by atoms with Crippen LogP contribution < -0.4 is 4.74 Å². The van der Waals surface area contributed by atoms with E-state index < -0.39 is 72.2 Å². The fourth-order valence-corrected chi connectivity index (χ4v) is 3.61. The summed E-state index contributed by atoms with van der Waals surface area (Å²) in [6, 6.07) is 4.77. The minimum absolute atomic E-state index is 0.0680. The number of aromatic hydroxyl groups is 5. The quantitative estimate of drug-likeness (QED) is 0.261. The van der Waals surface area contributed by atoms with Crippen molar-refractivity contribution in [1.82, 2.24) is 0 Å². The molecule has 2 heterocycles. The van der Waals surface area contributed by atoms with E-state index in [9.17, 15) is 46.0 Å². The van der Waals surface area contributed by atoms with E-state index in [0.717, 1.165) is 12.1 Å². The molecule has 0 saturated carbocycles. The minimum atomic E-state index is -1.75. The number of fused-ring (bicyclic) bond motifs is 1. The van der Waals surface area contributed by atoms with Gasteiger partial charge in [-0.3, -0.25) is 0 Å². The van der Waals surface area contributed by atoms with Crippen LogP contribution in [0.4, 0.5) is 0 Å². The van der Waals surface area contributed by atoms with Crippen LogP contribution in [0.1, 0.15) is 17.2 Å². The topological polar surface area (TPSA) is 210 Å². The molecule has 9 N–H and O–H groups in total. The van der Waals surface area contributed by atoms with Crippen LogP contribution in [0.25, 0.3) is 6.08 Å². The number of phenolic OH excluding ortho intramolecular Hbond substituents is 5. The second-order valence-corrected chi connectivity index (χ2v) is 7.61. The molecule has 1 saturated heterocycles. The molecule has 178 valence electrons. The molecule has 2 aromatic carbocycles. The highest BCUT2D eigenvalue weighted by Crippen LogP contribution is 2.49. The molecule has 1 fully saturated rings. The molecule has 0 bridgehead atoms. The zero-order chi connectivity index (χ0) is 24.0. The molecule has 12 heteroatoms. The van der Waals surface area contributed by atoms with Crippen LogP contribution >= 0.6 is 0 Å². The van der Waals surface area contributed by atoms with Crippen LogP contribution in [0, 0.1) is 0 Å². The molecule has 0 aromatic heterocycles. The zero-order valence-corrected chi connectivity index (χ0v) is 16.8. The number of phenols is 5. The summed E-state index contributed by atoms with van der Waals surface area (Å²) in [5, 5.41) is 89.1. The maximum atomic E-state index is 10.3. The van der Waals surface area contributed by atoms with Crippen molar-refractivity contribution in [3.8, 4) is 34.5 Å². The van der Waals surface area contributed by atoms with Gasteiger partial charge in [0.1, 0.15) is 35.9 Å². The smallest absolute Gasteiger partial charge is 0.228 e. The van der Waals surface area contributed by atoms with E-state index in [1.54, 1.807) is 0 Å². The highest BCUT2D eigenvalue weighted by atomic mass is 16.7. The summed E-state index contributed by atoms with van der Waals surface area (Å²) in [5.41, 5.74) is 0.142. The second-order valence-electron chi connectivity index (χ2n) is 7.61. The molecule has 0 amide bonds. The second kappa shape index (κ2) is 8.50. The van der Waals surface area contributed by atoms with Crippen molar-refractivity contribution in [3.63, 3.8) is 0 Å². The Morgan fingerprint density at radius 1 is 0.818 bits per heavy atom. The maximum absolute atomic E-state index is 10.3. The van der Waals surface area contributed by atoms with Gasteiger partial charge in [0.25, 0.3) is 0 Å². The first-order valence-corrected chi connectivity index (χ1v) is 9.77. The van der Waals surface area contributed by atoms with Crippen molar-refractivity contribution < 1.29 is 60.2 Å². The lowest BCUT2D eigenvalue weighted by Crippen LogP contribution is -2.59. The Balaban J connectivity index is 1.77. The van der Waals surface area contributed by atoms with Gasteiger partial charge >= 0.3 is 0 Å². The molecule has 33 heavy (non-hydrogen) atoms. The molecule has 0 aliphatic carbocycles. The van der Waals surface area contributed by atoms with Crippen molar-refractivity contribution in [2.24, 2.45) is 0 Å². The lowest BCUT2D eigenvalue weighted by Gasteiger charge is -2.41. The molecule has 6 atom stereocenters. The maximum Gasteiger partial charge on any atom is 0.228 e. The van der Waals surface area contributed by atoms with Crippen LogP contribution in [0.5, 0.6) is 34.5 Å². The summed E-state index contributed by atoms with van der Waals surface area (Å²) in [7, 11) is 0. The number of hydrogen-bond donors (Lipinski definition) is 9. The molecule has 12 nitrogen and oxygen atoms in total. The number of aliphatic hydroxyl groups excluding tert-OH is 4. The number of hydrogen-bond acceptors (Lipinski definition) is 12. The standard InChI is InChI=1S/C21H22O12/c22-6-14-17(28)18(29)19(30)21(33-14)32-13-4-8-12(5-11(25)16(27)15(8)26)31-20(13)7-1-2-9(23)10(24)3-7/h1-5,14,17-30H,6H2/t14-,17-,18+,19-,20?,21-/m1/s1. The SMILES string of the molecule is OC[C@H]1O[C@@H](OC2=Cc3c(cc(O)c(O)c3O)OC2c2ccc(O)c(O)c2)[C@H](O)[C@@H](O)[C@@H]1O.